The number of carbonyl (C=O) groups is 1. The quantitative estimate of drug-likeness (QED) is 0.647. The SMILES string of the molecule is CCC(CC)c1cc(C(=O)NC2(c3noc(C4CCCO4)n3)CCCCCC2)on1. The van der Waals surface area contributed by atoms with Crippen molar-refractivity contribution in [3.05, 3.63) is 29.2 Å². The van der Waals surface area contributed by atoms with Crippen LogP contribution in [-0.2, 0) is 10.3 Å². The number of carbonyl (C=O) groups excluding carboxylic acids is 1. The summed E-state index contributed by atoms with van der Waals surface area (Å²) in [6.45, 7) is 4.95. The molecule has 3 heterocycles. The third-order valence-corrected chi connectivity index (χ3v) is 6.54. The summed E-state index contributed by atoms with van der Waals surface area (Å²) in [5, 5.41) is 11.6. The number of aromatic nitrogens is 3. The minimum Gasteiger partial charge on any atom is -0.368 e. The van der Waals surface area contributed by atoms with Crippen molar-refractivity contribution in [3.8, 4) is 0 Å². The largest absolute Gasteiger partial charge is 0.368 e. The van der Waals surface area contributed by atoms with E-state index in [1.807, 2.05) is 0 Å². The number of nitrogens with one attached hydrogen (secondary N) is 1. The summed E-state index contributed by atoms with van der Waals surface area (Å²) in [5.74, 6) is 1.32. The van der Waals surface area contributed by atoms with E-state index in [0.717, 1.165) is 69.9 Å². The van der Waals surface area contributed by atoms with Gasteiger partial charge in [0, 0.05) is 18.6 Å². The molecule has 0 bridgehead atoms. The highest BCUT2D eigenvalue weighted by atomic mass is 16.5. The lowest BCUT2D eigenvalue weighted by Crippen LogP contribution is -2.46. The molecule has 1 atom stereocenters. The molecule has 1 N–H and O–H groups in total. The monoisotopic (exact) mass is 416 g/mol. The van der Waals surface area contributed by atoms with Gasteiger partial charge in [-0.2, -0.15) is 4.98 Å². The summed E-state index contributed by atoms with van der Waals surface area (Å²) in [5.41, 5.74) is 0.177. The fourth-order valence-corrected chi connectivity index (χ4v) is 4.64. The zero-order valence-electron chi connectivity index (χ0n) is 18.0. The van der Waals surface area contributed by atoms with Crippen molar-refractivity contribution in [1.29, 1.82) is 0 Å². The first kappa shape index (κ1) is 21.0. The molecule has 2 aromatic heterocycles. The summed E-state index contributed by atoms with van der Waals surface area (Å²) < 4.78 is 16.6. The number of rotatable bonds is 7. The molecule has 2 aliphatic rings. The summed E-state index contributed by atoms with van der Waals surface area (Å²) in [4.78, 5) is 17.8. The number of hydrogen-bond donors (Lipinski definition) is 1. The fraction of sp³-hybridized carbons (Fsp3) is 0.727. The van der Waals surface area contributed by atoms with Crippen molar-refractivity contribution in [3.63, 3.8) is 0 Å². The summed E-state index contributed by atoms with van der Waals surface area (Å²) in [7, 11) is 0. The maximum Gasteiger partial charge on any atom is 0.290 e. The maximum absolute atomic E-state index is 13.1. The van der Waals surface area contributed by atoms with Crippen molar-refractivity contribution in [2.45, 2.75) is 95.6 Å². The van der Waals surface area contributed by atoms with Crippen LogP contribution in [-0.4, -0.2) is 27.8 Å². The van der Waals surface area contributed by atoms with E-state index in [9.17, 15) is 4.79 Å². The van der Waals surface area contributed by atoms with Gasteiger partial charge in [0.1, 0.15) is 11.6 Å². The fourth-order valence-electron chi connectivity index (χ4n) is 4.64. The first-order chi connectivity index (χ1) is 14.6. The Kier molecular flexibility index (Phi) is 6.51. The van der Waals surface area contributed by atoms with Crippen LogP contribution >= 0.6 is 0 Å². The Morgan fingerprint density at radius 2 is 1.90 bits per heavy atom. The molecule has 2 aromatic rings. The molecule has 1 aliphatic carbocycles. The van der Waals surface area contributed by atoms with E-state index in [0.29, 0.717) is 24.2 Å². The minimum atomic E-state index is -0.657. The van der Waals surface area contributed by atoms with Gasteiger partial charge in [0.25, 0.3) is 11.8 Å². The Balaban J connectivity index is 1.57. The summed E-state index contributed by atoms with van der Waals surface area (Å²) >= 11 is 0. The molecule has 0 spiro atoms. The third-order valence-electron chi connectivity index (χ3n) is 6.54. The molecule has 164 valence electrons. The van der Waals surface area contributed by atoms with Crippen LogP contribution < -0.4 is 5.32 Å². The smallest absolute Gasteiger partial charge is 0.290 e. The van der Waals surface area contributed by atoms with E-state index in [4.69, 9.17) is 13.8 Å². The van der Waals surface area contributed by atoms with Crippen LogP contribution in [0.25, 0.3) is 0 Å². The molecule has 1 saturated carbocycles. The molecule has 4 rings (SSSR count). The number of nitrogens with zero attached hydrogens (tertiary/aromatic N) is 3. The van der Waals surface area contributed by atoms with E-state index in [-0.39, 0.29) is 17.8 Å². The average molecular weight is 417 g/mol. The first-order valence-electron chi connectivity index (χ1n) is 11.4. The minimum absolute atomic E-state index is 0.137. The van der Waals surface area contributed by atoms with E-state index in [2.05, 4.69) is 34.5 Å². The molecule has 30 heavy (non-hydrogen) atoms. The average Bonchev–Trinajstić information content (AvgIpc) is 3.50. The zero-order valence-corrected chi connectivity index (χ0v) is 18.0. The Morgan fingerprint density at radius 1 is 1.13 bits per heavy atom. The highest BCUT2D eigenvalue weighted by molar-refractivity contribution is 5.92. The van der Waals surface area contributed by atoms with Gasteiger partial charge in [-0.1, -0.05) is 49.8 Å². The molecule has 0 radical (unpaired) electrons. The van der Waals surface area contributed by atoms with Gasteiger partial charge in [-0.25, -0.2) is 0 Å². The predicted molar refractivity (Wildman–Crippen MR) is 109 cm³/mol. The van der Waals surface area contributed by atoms with Crippen LogP contribution in [0.1, 0.15) is 118 Å². The van der Waals surface area contributed by atoms with Gasteiger partial charge in [0.15, 0.2) is 5.82 Å². The standard InChI is InChI=1S/C22H32N4O4/c1-3-15(4-2)16-14-18(29-25-16)19(27)24-22(11-7-5-6-8-12-22)21-23-20(30-26-21)17-10-9-13-28-17/h14-15,17H,3-13H2,1-2H3,(H,24,27). The van der Waals surface area contributed by atoms with Gasteiger partial charge >= 0.3 is 0 Å². The van der Waals surface area contributed by atoms with Crippen molar-refractivity contribution in [1.82, 2.24) is 20.6 Å². The van der Waals surface area contributed by atoms with Crippen LogP contribution in [0, 0.1) is 0 Å². The number of amides is 1. The van der Waals surface area contributed by atoms with Crippen LogP contribution in [0.3, 0.4) is 0 Å². The second-order valence-electron chi connectivity index (χ2n) is 8.54. The number of hydrogen-bond acceptors (Lipinski definition) is 7. The van der Waals surface area contributed by atoms with Crippen molar-refractivity contribution in [2.24, 2.45) is 0 Å². The maximum atomic E-state index is 13.1. The van der Waals surface area contributed by atoms with Gasteiger partial charge in [0.2, 0.25) is 5.76 Å². The van der Waals surface area contributed by atoms with Gasteiger partial charge in [-0.15, -0.1) is 0 Å². The molecule has 2 fully saturated rings. The summed E-state index contributed by atoms with van der Waals surface area (Å²) in [6.07, 6.45) is 9.48. The molecular weight excluding hydrogens is 384 g/mol. The van der Waals surface area contributed by atoms with Gasteiger partial charge in [-0.05, 0) is 38.5 Å². The van der Waals surface area contributed by atoms with Crippen molar-refractivity contribution >= 4 is 5.91 Å². The Labute approximate surface area is 177 Å². The zero-order chi connectivity index (χ0) is 21.0. The Hall–Kier alpha value is -2.22. The van der Waals surface area contributed by atoms with Gasteiger partial charge < -0.3 is 19.1 Å². The second kappa shape index (κ2) is 9.29. The highest BCUT2D eigenvalue weighted by Crippen LogP contribution is 2.37. The number of ether oxygens (including phenoxy) is 1. The van der Waals surface area contributed by atoms with Crippen LogP contribution in [0.15, 0.2) is 15.1 Å². The Morgan fingerprint density at radius 3 is 2.57 bits per heavy atom. The van der Waals surface area contributed by atoms with E-state index in [1.54, 1.807) is 6.07 Å². The molecule has 1 amide bonds. The lowest BCUT2D eigenvalue weighted by molar-refractivity contribution is 0.0828. The highest BCUT2D eigenvalue weighted by Gasteiger charge is 2.40. The molecule has 8 heteroatoms. The van der Waals surface area contributed by atoms with Crippen molar-refractivity contribution < 1.29 is 18.6 Å². The molecule has 8 nitrogen and oxygen atoms in total. The topological polar surface area (TPSA) is 103 Å². The van der Waals surface area contributed by atoms with Gasteiger partial charge in [0.05, 0.1) is 5.69 Å². The lowest BCUT2D eigenvalue weighted by Gasteiger charge is -2.30. The van der Waals surface area contributed by atoms with Crippen molar-refractivity contribution in [2.75, 3.05) is 6.61 Å². The molecule has 0 aromatic carbocycles. The third kappa shape index (κ3) is 4.29. The Bertz CT molecular complexity index is 828. The molecule has 1 aliphatic heterocycles. The van der Waals surface area contributed by atoms with Crippen LogP contribution in [0.5, 0.6) is 0 Å². The van der Waals surface area contributed by atoms with Crippen LogP contribution in [0.2, 0.25) is 0 Å². The second-order valence-corrected chi connectivity index (χ2v) is 8.54. The van der Waals surface area contributed by atoms with E-state index < -0.39 is 5.54 Å². The summed E-state index contributed by atoms with van der Waals surface area (Å²) in [6, 6.07) is 1.77. The molecule has 1 unspecified atom stereocenters. The predicted octanol–water partition coefficient (Wildman–Crippen LogP) is 4.79. The molecule has 1 saturated heterocycles. The van der Waals surface area contributed by atoms with Crippen LogP contribution in [0.4, 0.5) is 0 Å². The normalized spacial score (nSPS) is 21.6. The first-order valence-corrected chi connectivity index (χ1v) is 11.4. The lowest BCUT2D eigenvalue weighted by atomic mass is 9.89. The molecular formula is C22H32N4O4. The van der Waals surface area contributed by atoms with Gasteiger partial charge in [-0.3, -0.25) is 4.79 Å². The van der Waals surface area contributed by atoms with E-state index in [1.165, 1.54) is 0 Å². The van der Waals surface area contributed by atoms with E-state index >= 15 is 0 Å².